The van der Waals surface area contributed by atoms with Gasteiger partial charge in [-0.2, -0.15) is 0 Å². The quantitative estimate of drug-likeness (QED) is 0.803. The summed E-state index contributed by atoms with van der Waals surface area (Å²) in [6.07, 6.45) is 0.0760. The zero-order valence-corrected chi connectivity index (χ0v) is 13.6. The molecule has 0 radical (unpaired) electrons. The standard InChI is InChI=1S/C18H18F2N2O3/c1-2-21-17(23)7-8-18(24)22-15-5-3-4-6-16(15)25-14-10-12(19)9-13(20)11-14/h3-6,9-11H,2,7-8H2,1H3,(H,21,23)(H,22,24). The first-order valence-corrected chi connectivity index (χ1v) is 7.77. The highest BCUT2D eigenvalue weighted by atomic mass is 19.1. The molecule has 132 valence electrons. The summed E-state index contributed by atoms with van der Waals surface area (Å²) in [5, 5.41) is 5.23. The maximum absolute atomic E-state index is 13.3. The molecule has 0 fully saturated rings. The topological polar surface area (TPSA) is 67.4 Å². The number of hydrogen-bond donors (Lipinski definition) is 2. The average Bonchev–Trinajstić information content (AvgIpc) is 2.54. The highest BCUT2D eigenvalue weighted by Crippen LogP contribution is 2.30. The van der Waals surface area contributed by atoms with E-state index in [0.29, 0.717) is 12.2 Å². The van der Waals surface area contributed by atoms with Gasteiger partial charge in [0, 0.05) is 37.6 Å². The van der Waals surface area contributed by atoms with E-state index in [0.717, 1.165) is 18.2 Å². The number of carbonyl (C=O) groups is 2. The smallest absolute Gasteiger partial charge is 0.224 e. The van der Waals surface area contributed by atoms with Crippen LogP contribution in [0.3, 0.4) is 0 Å². The van der Waals surface area contributed by atoms with Crippen LogP contribution in [0.25, 0.3) is 0 Å². The minimum atomic E-state index is -0.765. The second kappa shape index (κ2) is 8.77. The number of hydrogen-bond acceptors (Lipinski definition) is 3. The Morgan fingerprint density at radius 1 is 1.00 bits per heavy atom. The van der Waals surface area contributed by atoms with Gasteiger partial charge in [0.2, 0.25) is 11.8 Å². The van der Waals surface area contributed by atoms with Crippen LogP contribution >= 0.6 is 0 Å². The molecule has 0 heterocycles. The number of amides is 2. The van der Waals surface area contributed by atoms with E-state index >= 15 is 0 Å². The van der Waals surface area contributed by atoms with Crippen molar-refractivity contribution in [2.45, 2.75) is 19.8 Å². The summed E-state index contributed by atoms with van der Waals surface area (Å²) in [6.45, 7) is 2.29. The molecule has 2 amide bonds. The molecule has 0 atom stereocenters. The van der Waals surface area contributed by atoms with Crippen molar-refractivity contribution in [3.63, 3.8) is 0 Å². The molecule has 0 saturated heterocycles. The molecule has 2 aromatic rings. The number of nitrogens with one attached hydrogen (secondary N) is 2. The SMILES string of the molecule is CCNC(=O)CCC(=O)Nc1ccccc1Oc1cc(F)cc(F)c1. The van der Waals surface area contributed by atoms with Crippen molar-refractivity contribution in [2.24, 2.45) is 0 Å². The number of rotatable bonds is 7. The average molecular weight is 348 g/mol. The van der Waals surface area contributed by atoms with Gasteiger partial charge in [-0.3, -0.25) is 9.59 Å². The molecule has 0 unspecified atom stereocenters. The lowest BCUT2D eigenvalue weighted by Gasteiger charge is -2.12. The highest BCUT2D eigenvalue weighted by Gasteiger charge is 2.11. The molecule has 0 saturated carbocycles. The molecule has 0 aliphatic rings. The van der Waals surface area contributed by atoms with E-state index < -0.39 is 11.6 Å². The predicted molar refractivity (Wildman–Crippen MR) is 89.4 cm³/mol. The Labute approximate surface area is 144 Å². The van der Waals surface area contributed by atoms with Crippen molar-refractivity contribution in [1.82, 2.24) is 5.32 Å². The highest BCUT2D eigenvalue weighted by molar-refractivity contribution is 5.94. The Morgan fingerprint density at radius 2 is 1.64 bits per heavy atom. The van der Waals surface area contributed by atoms with Crippen LogP contribution in [-0.2, 0) is 9.59 Å². The van der Waals surface area contributed by atoms with Gasteiger partial charge >= 0.3 is 0 Å². The summed E-state index contributed by atoms with van der Waals surface area (Å²) in [6, 6.07) is 9.31. The largest absolute Gasteiger partial charge is 0.455 e. The number of anilines is 1. The van der Waals surface area contributed by atoms with Gasteiger partial charge in [-0.05, 0) is 19.1 Å². The number of carbonyl (C=O) groups excluding carboxylic acids is 2. The van der Waals surface area contributed by atoms with Crippen LogP contribution in [0.4, 0.5) is 14.5 Å². The molecule has 2 N–H and O–H groups in total. The van der Waals surface area contributed by atoms with Crippen LogP contribution in [0.1, 0.15) is 19.8 Å². The first kappa shape index (κ1) is 18.4. The molecule has 0 aromatic heterocycles. The van der Waals surface area contributed by atoms with Gasteiger partial charge in [0.1, 0.15) is 17.4 Å². The van der Waals surface area contributed by atoms with E-state index in [2.05, 4.69) is 10.6 Å². The van der Waals surface area contributed by atoms with Gasteiger partial charge in [0.05, 0.1) is 5.69 Å². The van der Waals surface area contributed by atoms with Gasteiger partial charge in [-0.1, -0.05) is 12.1 Å². The van der Waals surface area contributed by atoms with Crippen LogP contribution in [0.5, 0.6) is 11.5 Å². The third kappa shape index (κ3) is 5.87. The Morgan fingerprint density at radius 3 is 2.32 bits per heavy atom. The second-order valence-electron chi connectivity index (χ2n) is 5.21. The third-order valence-corrected chi connectivity index (χ3v) is 3.18. The van der Waals surface area contributed by atoms with Gasteiger partial charge in [-0.15, -0.1) is 0 Å². The van der Waals surface area contributed by atoms with Crippen molar-refractivity contribution in [1.29, 1.82) is 0 Å². The lowest BCUT2D eigenvalue weighted by molar-refractivity contribution is -0.124. The van der Waals surface area contributed by atoms with Crippen molar-refractivity contribution in [3.05, 3.63) is 54.1 Å². The zero-order chi connectivity index (χ0) is 18.2. The molecule has 7 heteroatoms. The normalized spacial score (nSPS) is 10.2. The van der Waals surface area contributed by atoms with Crippen LogP contribution in [0, 0.1) is 11.6 Å². The lowest BCUT2D eigenvalue weighted by atomic mass is 10.2. The van der Waals surface area contributed by atoms with E-state index in [1.807, 2.05) is 0 Å². The van der Waals surface area contributed by atoms with Crippen molar-refractivity contribution in [2.75, 3.05) is 11.9 Å². The fourth-order valence-corrected chi connectivity index (χ4v) is 2.10. The van der Waals surface area contributed by atoms with Gasteiger partial charge in [0.25, 0.3) is 0 Å². The third-order valence-electron chi connectivity index (χ3n) is 3.18. The number of para-hydroxylation sites is 2. The molecule has 0 bridgehead atoms. The van der Waals surface area contributed by atoms with Crippen LogP contribution < -0.4 is 15.4 Å². The summed E-state index contributed by atoms with van der Waals surface area (Å²) < 4.78 is 32.0. The van der Waals surface area contributed by atoms with Crippen LogP contribution in [0.2, 0.25) is 0 Å². The molecule has 5 nitrogen and oxygen atoms in total. The van der Waals surface area contributed by atoms with Gasteiger partial charge < -0.3 is 15.4 Å². The molecule has 0 spiro atoms. The summed E-state index contributed by atoms with van der Waals surface area (Å²) in [5.74, 6) is -1.90. The molecule has 2 rings (SSSR count). The predicted octanol–water partition coefficient (Wildman–Crippen LogP) is 3.61. The summed E-state index contributed by atoms with van der Waals surface area (Å²) in [5.41, 5.74) is 0.341. The van der Waals surface area contributed by atoms with E-state index in [1.165, 1.54) is 0 Å². The fourth-order valence-electron chi connectivity index (χ4n) is 2.10. The summed E-state index contributed by atoms with van der Waals surface area (Å²) >= 11 is 0. The maximum atomic E-state index is 13.3. The van der Waals surface area contributed by atoms with E-state index in [4.69, 9.17) is 4.74 Å². The fraction of sp³-hybridized carbons (Fsp3) is 0.222. The second-order valence-corrected chi connectivity index (χ2v) is 5.21. The van der Waals surface area contributed by atoms with E-state index in [9.17, 15) is 18.4 Å². The van der Waals surface area contributed by atoms with Crippen molar-refractivity contribution in [3.8, 4) is 11.5 Å². The Hall–Kier alpha value is -2.96. The Kier molecular flexibility index (Phi) is 6.45. The molecule has 25 heavy (non-hydrogen) atoms. The number of benzene rings is 2. The monoisotopic (exact) mass is 348 g/mol. The summed E-state index contributed by atoms with van der Waals surface area (Å²) in [7, 11) is 0. The van der Waals surface area contributed by atoms with Gasteiger partial charge in [-0.25, -0.2) is 8.78 Å². The van der Waals surface area contributed by atoms with Crippen LogP contribution in [0.15, 0.2) is 42.5 Å². The van der Waals surface area contributed by atoms with Crippen molar-refractivity contribution < 1.29 is 23.1 Å². The molecular weight excluding hydrogens is 330 g/mol. The Bertz CT molecular complexity index is 745. The zero-order valence-electron chi connectivity index (χ0n) is 13.6. The number of ether oxygens (including phenoxy) is 1. The van der Waals surface area contributed by atoms with E-state index in [1.54, 1.807) is 31.2 Å². The van der Waals surface area contributed by atoms with Crippen molar-refractivity contribution >= 4 is 17.5 Å². The minimum absolute atomic E-state index is 0.00869. The first-order valence-electron chi connectivity index (χ1n) is 7.77. The maximum Gasteiger partial charge on any atom is 0.224 e. The first-order chi connectivity index (χ1) is 12.0. The Balaban J connectivity index is 2.04. The van der Waals surface area contributed by atoms with E-state index in [-0.39, 0.29) is 36.2 Å². The molecule has 0 aliphatic heterocycles. The summed E-state index contributed by atoms with van der Waals surface area (Å²) in [4.78, 5) is 23.4. The molecule has 0 aliphatic carbocycles. The lowest BCUT2D eigenvalue weighted by Crippen LogP contribution is -2.24. The van der Waals surface area contributed by atoms with Crippen LogP contribution in [-0.4, -0.2) is 18.4 Å². The minimum Gasteiger partial charge on any atom is -0.455 e. The molecule has 2 aromatic carbocycles. The molecular formula is C18H18F2N2O3. The number of halogens is 2. The van der Waals surface area contributed by atoms with Gasteiger partial charge in [0.15, 0.2) is 5.75 Å².